The van der Waals surface area contributed by atoms with E-state index in [1.54, 1.807) is 24.5 Å². The molecule has 3 heterocycles. The summed E-state index contributed by atoms with van der Waals surface area (Å²) in [7, 11) is 0. The van der Waals surface area contributed by atoms with E-state index in [9.17, 15) is 4.79 Å². The van der Waals surface area contributed by atoms with Crippen molar-refractivity contribution >= 4 is 23.1 Å². The van der Waals surface area contributed by atoms with Gasteiger partial charge in [-0.2, -0.15) is 0 Å². The maximum absolute atomic E-state index is 12.0. The Morgan fingerprint density at radius 2 is 1.77 bits per heavy atom. The van der Waals surface area contributed by atoms with Crippen molar-refractivity contribution in [1.29, 1.82) is 0 Å². The van der Waals surface area contributed by atoms with Crippen molar-refractivity contribution < 1.29 is 4.79 Å². The van der Waals surface area contributed by atoms with Gasteiger partial charge in [-0.25, -0.2) is 4.79 Å². The van der Waals surface area contributed by atoms with Crippen LogP contribution in [0.4, 0.5) is 16.2 Å². The number of rotatable bonds is 4. The number of benzene rings is 1. The van der Waals surface area contributed by atoms with E-state index in [0.29, 0.717) is 17.8 Å². The lowest BCUT2D eigenvalue weighted by molar-refractivity contribution is 0.262. The highest BCUT2D eigenvalue weighted by molar-refractivity contribution is 5.99. The second-order valence-electron chi connectivity index (χ2n) is 5.74. The molecule has 2 amide bonds. The molecule has 0 saturated heterocycles. The van der Waals surface area contributed by atoms with Gasteiger partial charge in [0.05, 0.1) is 11.9 Å². The second kappa shape index (κ2) is 7.02. The number of fused-ring (bicyclic) bond motifs is 1. The Bertz CT molecular complexity index is 1030. The molecule has 128 valence electrons. The number of amides is 2. The molecule has 0 bridgehead atoms. The molecule has 2 N–H and O–H groups in total. The molecule has 0 aliphatic rings. The Labute approximate surface area is 149 Å². The van der Waals surface area contributed by atoms with Crippen molar-refractivity contribution in [2.45, 2.75) is 6.42 Å². The molecule has 7 heteroatoms. The van der Waals surface area contributed by atoms with E-state index in [-0.39, 0.29) is 6.03 Å². The summed E-state index contributed by atoms with van der Waals surface area (Å²) in [4.78, 5) is 16.0. The fraction of sp³-hybridized carbons (Fsp3) is 0.0526. The lowest BCUT2D eigenvalue weighted by atomic mass is 10.1. The zero-order valence-electron chi connectivity index (χ0n) is 13.8. The minimum atomic E-state index is -0.311. The molecule has 0 radical (unpaired) electrons. The lowest BCUT2D eigenvalue weighted by Crippen LogP contribution is -2.19. The molecule has 0 unspecified atom stereocenters. The first-order valence-electron chi connectivity index (χ1n) is 8.13. The van der Waals surface area contributed by atoms with Gasteiger partial charge in [-0.1, -0.05) is 18.2 Å². The summed E-state index contributed by atoms with van der Waals surface area (Å²) in [6, 6.07) is 16.7. The van der Waals surface area contributed by atoms with Crippen LogP contribution in [0.25, 0.3) is 5.65 Å². The monoisotopic (exact) mass is 344 g/mol. The zero-order valence-corrected chi connectivity index (χ0v) is 13.8. The van der Waals surface area contributed by atoms with Crippen molar-refractivity contribution in [1.82, 2.24) is 19.6 Å². The molecule has 0 spiro atoms. The quantitative estimate of drug-likeness (QED) is 0.594. The molecular formula is C19H16N6O. The van der Waals surface area contributed by atoms with Crippen LogP contribution < -0.4 is 10.6 Å². The minimum Gasteiger partial charge on any atom is -0.308 e. The van der Waals surface area contributed by atoms with E-state index >= 15 is 0 Å². The molecule has 1 aromatic carbocycles. The lowest BCUT2D eigenvalue weighted by Gasteiger charge is -2.08. The first-order chi connectivity index (χ1) is 12.8. The van der Waals surface area contributed by atoms with Gasteiger partial charge in [-0.05, 0) is 42.0 Å². The Morgan fingerprint density at radius 3 is 2.58 bits per heavy atom. The molecule has 4 aromatic rings. The fourth-order valence-electron chi connectivity index (χ4n) is 2.63. The highest BCUT2D eigenvalue weighted by Crippen LogP contribution is 2.14. The molecular weight excluding hydrogens is 328 g/mol. The molecule has 4 rings (SSSR count). The summed E-state index contributed by atoms with van der Waals surface area (Å²) in [5, 5.41) is 13.9. The van der Waals surface area contributed by atoms with Gasteiger partial charge in [-0.3, -0.25) is 9.38 Å². The van der Waals surface area contributed by atoms with E-state index in [4.69, 9.17) is 0 Å². The third-order valence-corrected chi connectivity index (χ3v) is 3.88. The van der Waals surface area contributed by atoms with Crippen LogP contribution in [0.2, 0.25) is 0 Å². The SMILES string of the molecule is O=C(Nc1ccc(Cc2nnc3ccccn23)cc1)Nc1cccnc1. The standard InChI is InChI=1S/C19H16N6O/c26-19(22-16-4-3-10-20-13-16)21-15-8-6-14(7-9-15)12-18-24-23-17-5-1-2-11-25(17)18/h1-11,13H,12H2,(H2,21,22,26). The average Bonchev–Trinajstić information content (AvgIpc) is 3.07. The van der Waals surface area contributed by atoms with Crippen molar-refractivity contribution in [3.8, 4) is 0 Å². The number of urea groups is 1. The van der Waals surface area contributed by atoms with Crippen LogP contribution in [0.5, 0.6) is 0 Å². The van der Waals surface area contributed by atoms with Gasteiger partial charge in [0.25, 0.3) is 0 Å². The molecule has 0 aliphatic heterocycles. The van der Waals surface area contributed by atoms with Crippen LogP contribution in [-0.2, 0) is 6.42 Å². The third kappa shape index (κ3) is 3.51. The number of carbonyl (C=O) groups excluding carboxylic acids is 1. The molecule has 0 fully saturated rings. The van der Waals surface area contributed by atoms with Crippen LogP contribution in [0.3, 0.4) is 0 Å². The Kier molecular flexibility index (Phi) is 4.26. The number of pyridine rings is 2. The first kappa shape index (κ1) is 15.8. The number of nitrogens with zero attached hydrogens (tertiary/aromatic N) is 4. The number of hydrogen-bond acceptors (Lipinski definition) is 4. The van der Waals surface area contributed by atoms with Crippen molar-refractivity contribution in [2.75, 3.05) is 10.6 Å². The number of hydrogen-bond donors (Lipinski definition) is 2. The zero-order chi connectivity index (χ0) is 17.8. The molecule has 7 nitrogen and oxygen atoms in total. The Morgan fingerprint density at radius 1 is 0.923 bits per heavy atom. The second-order valence-corrected chi connectivity index (χ2v) is 5.74. The van der Waals surface area contributed by atoms with Gasteiger partial charge in [0.1, 0.15) is 5.82 Å². The van der Waals surface area contributed by atoms with E-state index in [0.717, 1.165) is 17.0 Å². The molecule has 0 atom stereocenters. The van der Waals surface area contributed by atoms with Crippen LogP contribution >= 0.6 is 0 Å². The van der Waals surface area contributed by atoms with E-state index in [1.165, 1.54) is 0 Å². The third-order valence-electron chi connectivity index (χ3n) is 3.88. The summed E-state index contributed by atoms with van der Waals surface area (Å²) in [6.45, 7) is 0. The maximum Gasteiger partial charge on any atom is 0.323 e. The van der Waals surface area contributed by atoms with E-state index < -0.39 is 0 Å². The van der Waals surface area contributed by atoms with Crippen LogP contribution in [0, 0.1) is 0 Å². The van der Waals surface area contributed by atoms with Crippen molar-refractivity contribution in [3.05, 3.63) is 84.6 Å². The normalized spacial score (nSPS) is 10.6. The maximum atomic E-state index is 12.0. The number of nitrogens with one attached hydrogen (secondary N) is 2. The molecule has 3 aromatic heterocycles. The van der Waals surface area contributed by atoms with Crippen LogP contribution in [0.15, 0.2) is 73.2 Å². The number of aromatic nitrogens is 4. The van der Waals surface area contributed by atoms with E-state index in [2.05, 4.69) is 25.8 Å². The number of anilines is 2. The van der Waals surface area contributed by atoms with Gasteiger partial charge in [0, 0.05) is 24.5 Å². The minimum absolute atomic E-state index is 0.311. The summed E-state index contributed by atoms with van der Waals surface area (Å²) in [6.07, 6.45) is 5.85. The van der Waals surface area contributed by atoms with Gasteiger partial charge in [0.15, 0.2) is 5.65 Å². The topological polar surface area (TPSA) is 84.2 Å². The predicted octanol–water partition coefficient (Wildman–Crippen LogP) is 3.36. The first-order valence-corrected chi connectivity index (χ1v) is 8.13. The van der Waals surface area contributed by atoms with Gasteiger partial charge in [-0.15, -0.1) is 10.2 Å². The molecule has 0 saturated carbocycles. The Hall–Kier alpha value is -3.74. The average molecular weight is 344 g/mol. The van der Waals surface area contributed by atoms with Crippen molar-refractivity contribution in [2.24, 2.45) is 0 Å². The van der Waals surface area contributed by atoms with Crippen LogP contribution in [-0.4, -0.2) is 25.6 Å². The van der Waals surface area contributed by atoms with Crippen molar-refractivity contribution in [3.63, 3.8) is 0 Å². The van der Waals surface area contributed by atoms with Crippen LogP contribution in [0.1, 0.15) is 11.4 Å². The summed E-state index contributed by atoms with van der Waals surface area (Å²) in [5.41, 5.74) is 3.26. The summed E-state index contributed by atoms with van der Waals surface area (Å²) in [5.74, 6) is 0.871. The Balaban J connectivity index is 1.41. The van der Waals surface area contributed by atoms with Gasteiger partial charge >= 0.3 is 6.03 Å². The predicted molar refractivity (Wildman–Crippen MR) is 99.1 cm³/mol. The van der Waals surface area contributed by atoms with E-state index in [1.807, 2.05) is 53.1 Å². The summed E-state index contributed by atoms with van der Waals surface area (Å²) >= 11 is 0. The summed E-state index contributed by atoms with van der Waals surface area (Å²) < 4.78 is 1.97. The van der Waals surface area contributed by atoms with Gasteiger partial charge in [0.2, 0.25) is 0 Å². The highest BCUT2D eigenvalue weighted by atomic mass is 16.2. The highest BCUT2D eigenvalue weighted by Gasteiger charge is 2.07. The molecule has 26 heavy (non-hydrogen) atoms. The largest absolute Gasteiger partial charge is 0.323 e. The van der Waals surface area contributed by atoms with Gasteiger partial charge < -0.3 is 10.6 Å². The fourth-order valence-corrected chi connectivity index (χ4v) is 2.63. The molecule has 0 aliphatic carbocycles. The smallest absolute Gasteiger partial charge is 0.308 e. The number of carbonyl (C=O) groups is 1.